The third kappa shape index (κ3) is 13.3. The van der Waals surface area contributed by atoms with Gasteiger partial charge < -0.3 is 39.2 Å². The first kappa shape index (κ1) is 40.3. The van der Waals surface area contributed by atoms with Crippen LogP contribution in [0.2, 0.25) is 0 Å². The summed E-state index contributed by atoms with van der Waals surface area (Å²) in [4.78, 5) is 34.2. The van der Waals surface area contributed by atoms with Gasteiger partial charge in [0.1, 0.15) is 43.2 Å². The lowest BCUT2D eigenvalue weighted by Gasteiger charge is -2.43. The molecule has 0 aromatic rings. The van der Waals surface area contributed by atoms with Crippen molar-refractivity contribution in [2.75, 3.05) is 37.1 Å². The summed E-state index contributed by atoms with van der Waals surface area (Å²) in [6.07, 6.45) is -8.25. The van der Waals surface area contributed by atoms with Crippen molar-refractivity contribution < 1.29 is 62.4 Å². The lowest BCUT2D eigenvalue weighted by Crippen LogP contribution is -2.60. The van der Waals surface area contributed by atoms with Crippen molar-refractivity contribution in [2.45, 2.75) is 72.7 Å². The third-order valence-corrected chi connectivity index (χ3v) is 11.4. The molecule has 1 rings (SSSR count). The minimum absolute atomic E-state index is 0.0533. The van der Waals surface area contributed by atoms with E-state index in [9.17, 15) is 34.4 Å². The highest BCUT2D eigenvalue weighted by atomic mass is 79.9. The van der Waals surface area contributed by atoms with E-state index in [1.54, 1.807) is 0 Å². The van der Waals surface area contributed by atoms with Crippen molar-refractivity contribution in [3.8, 4) is 0 Å². The molecule has 18 heteroatoms. The molecule has 244 valence electrons. The average Bonchev–Trinajstić information content (AvgIpc) is 2.92. The van der Waals surface area contributed by atoms with Crippen molar-refractivity contribution in [3.63, 3.8) is 0 Å². The second kappa shape index (κ2) is 19.0. The van der Waals surface area contributed by atoms with E-state index in [1.165, 1.54) is 13.8 Å². The lowest BCUT2D eigenvalue weighted by molar-refractivity contribution is -0.299. The Kier molecular flexibility index (Phi) is 18.3. The summed E-state index contributed by atoms with van der Waals surface area (Å²) in [6, 6.07) is 0. The quantitative estimate of drug-likeness (QED) is 0.0488. The molecule has 0 saturated carbocycles. The van der Waals surface area contributed by atoms with Crippen molar-refractivity contribution in [2.24, 2.45) is 0 Å². The van der Waals surface area contributed by atoms with E-state index < -0.39 is 69.3 Å². The summed E-state index contributed by atoms with van der Waals surface area (Å²) < 4.78 is 45.8. The van der Waals surface area contributed by atoms with Gasteiger partial charge in [-0.25, -0.2) is 14.2 Å². The number of esters is 2. The standard InChI is InChI=1S/C24H37Br4O13P/c1-13(2)21(32)36-5-6-37-23-20(19(31)18(30)17(11-29)39-23)40-42(34,35)41-24(7-15(27)9-25,8-16(28)10-26)12-38-22(33)14(3)4/h15-20,23,29-31H,1,3,5-12H2,2,4H3,(H,34,35)/t15?,16?,17-,18-,19+,20-,23?,24?/m1/s1. The molecule has 0 radical (unpaired) electrons. The van der Waals surface area contributed by atoms with Crippen LogP contribution in [0.4, 0.5) is 0 Å². The number of carbonyl (C=O) groups is 2. The van der Waals surface area contributed by atoms with Crippen LogP contribution >= 0.6 is 71.5 Å². The van der Waals surface area contributed by atoms with E-state index in [2.05, 4.69) is 76.9 Å². The first-order valence-corrected chi connectivity index (χ1v) is 18.1. The minimum Gasteiger partial charge on any atom is -0.460 e. The smallest absolute Gasteiger partial charge is 0.460 e. The summed E-state index contributed by atoms with van der Waals surface area (Å²) in [7, 11) is -5.17. The molecular formula is C24H37Br4O13P. The molecule has 0 spiro atoms. The van der Waals surface area contributed by atoms with E-state index in [0.717, 1.165) is 0 Å². The summed E-state index contributed by atoms with van der Waals surface area (Å²) in [5, 5.41) is 31.5. The van der Waals surface area contributed by atoms with Gasteiger partial charge in [0.25, 0.3) is 0 Å². The van der Waals surface area contributed by atoms with Gasteiger partial charge in [0.2, 0.25) is 0 Å². The van der Waals surface area contributed by atoms with Crippen LogP contribution in [0.3, 0.4) is 0 Å². The number of phosphoric acid groups is 1. The molecule has 0 bridgehead atoms. The van der Waals surface area contributed by atoms with Gasteiger partial charge >= 0.3 is 19.8 Å². The van der Waals surface area contributed by atoms with Gasteiger partial charge in [-0.3, -0.25) is 9.05 Å². The molecule has 0 aliphatic carbocycles. The Hall–Kier alpha value is 0.250. The van der Waals surface area contributed by atoms with E-state index in [0.29, 0.717) is 10.7 Å². The summed E-state index contributed by atoms with van der Waals surface area (Å²) in [5.41, 5.74) is -1.36. The van der Waals surface area contributed by atoms with Gasteiger partial charge in [0.15, 0.2) is 6.29 Å². The second-order valence-electron chi connectivity index (χ2n) is 9.57. The molecule has 1 aliphatic rings. The fourth-order valence-electron chi connectivity index (χ4n) is 3.68. The molecule has 13 nitrogen and oxygen atoms in total. The van der Waals surface area contributed by atoms with E-state index in [-0.39, 0.29) is 46.9 Å². The van der Waals surface area contributed by atoms with Crippen LogP contribution in [-0.4, -0.2) is 115 Å². The molecule has 0 amide bonds. The highest BCUT2D eigenvalue weighted by Gasteiger charge is 2.51. The van der Waals surface area contributed by atoms with Crippen molar-refractivity contribution in [1.82, 2.24) is 0 Å². The van der Waals surface area contributed by atoms with Gasteiger partial charge in [-0.05, 0) is 26.7 Å². The molecule has 0 aromatic heterocycles. The van der Waals surface area contributed by atoms with Crippen LogP contribution in [0.25, 0.3) is 0 Å². The summed E-state index contributed by atoms with van der Waals surface area (Å²) >= 11 is 13.6. The Bertz CT molecular complexity index is 959. The van der Waals surface area contributed by atoms with Gasteiger partial charge in [-0.1, -0.05) is 76.9 Å². The Balaban J connectivity index is 3.30. The normalized spacial score (nSPS) is 26.8. The number of hydrogen-bond donors (Lipinski definition) is 4. The molecule has 1 heterocycles. The zero-order valence-electron chi connectivity index (χ0n) is 23.0. The summed E-state index contributed by atoms with van der Waals surface area (Å²) in [5.74, 6) is -1.43. The second-order valence-corrected chi connectivity index (χ2v) is 14.8. The van der Waals surface area contributed by atoms with Crippen molar-refractivity contribution >= 4 is 83.5 Å². The predicted octanol–water partition coefficient (Wildman–Crippen LogP) is 3.02. The maximum atomic E-state index is 13.5. The first-order chi connectivity index (χ1) is 19.5. The number of hydrogen-bond acceptors (Lipinski definition) is 12. The molecule has 0 aromatic carbocycles. The summed E-state index contributed by atoms with van der Waals surface area (Å²) in [6.45, 7) is 8.11. The first-order valence-electron chi connectivity index (χ1n) is 12.5. The monoisotopic (exact) mass is 880 g/mol. The number of ether oxygens (including phenoxy) is 4. The zero-order chi connectivity index (χ0) is 32.3. The fourth-order valence-corrected chi connectivity index (χ4v) is 6.59. The zero-order valence-corrected chi connectivity index (χ0v) is 30.3. The Labute approximate surface area is 278 Å². The lowest BCUT2D eigenvalue weighted by atomic mass is 9.93. The van der Waals surface area contributed by atoms with Crippen LogP contribution in [0, 0.1) is 0 Å². The number of carbonyl (C=O) groups excluding carboxylic acids is 2. The van der Waals surface area contributed by atoms with Gasteiger partial charge in [-0.2, -0.15) is 0 Å². The maximum absolute atomic E-state index is 13.5. The largest absolute Gasteiger partial charge is 0.473 e. The topological polar surface area (TPSA) is 188 Å². The predicted molar refractivity (Wildman–Crippen MR) is 166 cm³/mol. The number of rotatable bonds is 19. The molecule has 1 fully saturated rings. The highest BCUT2D eigenvalue weighted by Crippen LogP contribution is 2.53. The van der Waals surface area contributed by atoms with Crippen LogP contribution in [0.1, 0.15) is 26.7 Å². The van der Waals surface area contributed by atoms with Gasteiger partial charge in [0, 0.05) is 31.5 Å². The van der Waals surface area contributed by atoms with Gasteiger partial charge in [-0.15, -0.1) is 0 Å². The van der Waals surface area contributed by atoms with Crippen LogP contribution in [0.15, 0.2) is 24.3 Å². The number of halogens is 4. The molecule has 4 N–H and O–H groups in total. The van der Waals surface area contributed by atoms with Crippen molar-refractivity contribution in [1.29, 1.82) is 0 Å². The van der Waals surface area contributed by atoms with Crippen LogP contribution in [-0.2, 0) is 42.1 Å². The minimum atomic E-state index is -5.17. The Morgan fingerprint density at radius 1 is 0.976 bits per heavy atom. The van der Waals surface area contributed by atoms with Crippen molar-refractivity contribution in [3.05, 3.63) is 24.3 Å². The number of phosphoric ester groups is 1. The van der Waals surface area contributed by atoms with E-state index >= 15 is 0 Å². The molecule has 4 unspecified atom stereocenters. The highest BCUT2D eigenvalue weighted by molar-refractivity contribution is 9.12. The SMILES string of the molecule is C=C(C)C(=O)OCCOC1O[C@H](CO)[C@@H](O)[C@H](O)[C@H]1OP(=O)(O)OC(COC(=O)C(=C)C)(CC(Br)CBr)CC(Br)CBr. The maximum Gasteiger partial charge on any atom is 0.473 e. The molecule has 8 atom stereocenters. The number of alkyl halides is 4. The third-order valence-electron chi connectivity index (χ3n) is 5.67. The molecule has 1 aliphatic heterocycles. The van der Waals surface area contributed by atoms with Crippen LogP contribution < -0.4 is 0 Å². The Morgan fingerprint density at radius 3 is 1.98 bits per heavy atom. The Morgan fingerprint density at radius 2 is 1.50 bits per heavy atom. The van der Waals surface area contributed by atoms with E-state index in [4.69, 9.17) is 28.0 Å². The molecular weight excluding hydrogens is 847 g/mol. The molecule has 1 saturated heterocycles. The van der Waals surface area contributed by atoms with E-state index in [1.807, 2.05) is 0 Å². The molecule has 42 heavy (non-hydrogen) atoms. The average molecular weight is 884 g/mol. The number of aliphatic hydroxyl groups is 3. The number of aliphatic hydroxyl groups excluding tert-OH is 3. The fraction of sp³-hybridized carbons (Fsp3) is 0.750. The van der Waals surface area contributed by atoms with Crippen LogP contribution in [0.5, 0.6) is 0 Å². The van der Waals surface area contributed by atoms with Gasteiger partial charge in [0.05, 0.1) is 13.2 Å².